The number of aryl methyl sites for hydroxylation is 1. The van der Waals surface area contributed by atoms with Crippen molar-refractivity contribution in [3.63, 3.8) is 0 Å². The second-order valence-corrected chi connectivity index (χ2v) is 5.95. The number of amides is 1. The SMILES string of the molecule is Cc1ccc(Br)c(C(=O)Nc2ccccc2OC(C)C)c1. The van der Waals surface area contributed by atoms with Crippen molar-refractivity contribution in [2.24, 2.45) is 0 Å². The second kappa shape index (κ2) is 6.76. The van der Waals surface area contributed by atoms with E-state index in [2.05, 4.69) is 21.2 Å². The van der Waals surface area contributed by atoms with Crippen LogP contribution in [0.5, 0.6) is 5.75 Å². The fourth-order valence-electron chi connectivity index (χ4n) is 1.93. The number of anilines is 1. The standard InChI is InChI=1S/C17H18BrNO2/c1-11(2)21-16-7-5-4-6-15(16)19-17(20)13-10-12(3)8-9-14(13)18/h4-11H,1-3H3,(H,19,20). The molecule has 0 aromatic heterocycles. The first-order chi connectivity index (χ1) is 9.97. The monoisotopic (exact) mass is 347 g/mol. The molecule has 110 valence electrons. The molecule has 3 nitrogen and oxygen atoms in total. The summed E-state index contributed by atoms with van der Waals surface area (Å²) in [4.78, 5) is 12.4. The highest BCUT2D eigenvalue weighted by molar-refractivity contribution is 9.10. The zero-order chi connectivity index (χ0) is 15.4. The van der Waals surface area contributed by atoms with Gasteiger partial charge in [-0.1, -0.05) is 23.8 Å². The molecule has 0 atom stereocenters. The molecule has 2 aromatic rings. The number of hydrogen-bond acceptors (Lipinski definition) is 2. The molecule has 0 fully saturated rings. The number of nitrogens with one attached hydrogen (secondary N) is 1. The summed E-state index contributed by atoms with van der Waals surface area (Å²) in [7, 11) is 0. The van der Waals surface area contributed by atoms with E-state index in [1.165, 1.54) is 0 Å². The summed E-state index contributed by atoms with van der Waals surface area (Å²) in [6, 6.07) is 13.1. The van der Waals surface area contributed by atoms with Crippen LogP contribution in [0.25, 0.3) is 0 Å². The van der Waals surface area contributed by atoms with Gasteiger partial charge in [-0.2, -0.15) is 0 Å². The molecule has 1 amide bonds. The molecule has 0 spiro atoms. The van der Waals surface area contributed by atoms with Crippen molar-refractivity contribution in [2.75, 3.05) is 5.32 Å². The summed E-state index contributed by atoms with van der Waals surface area (Å²) >= 11 is 3.41. The van der Waals surface area contributed by atoms with Gasteiger partial charge in [0.2, 0.25) is 0 Å². The van der Waals surface area contributed by atoms with Crippen LogP contribution in [0.2, 0.25) is 0 Å². The summed E-state index contributed by atoms with van der Waals surface area (Å²) in [5.74, 6) is 0.509. The molecule has 0 bridgehead atoms. The number of halogens is 1. The Balaban J connectivity index is 2.25. The van der Waals surface area contributed by atoms with Crippen molar-refractivity contribution >= 4 is 27.5 Å². The number of benzene rings is 2. The molecule has 0 heterocycles. The van der Waals surface area contributed by atoms with Gasteiger partial charge in [0.05, 0.1) is 17.4 Å². The maximum Gasteiger partial charge on any atom is 0.256 e. The van der Waals surface area contributed by atoms with E-state index < -0.39 is 0 Å². The lowest BCUT2D eigenvalue weighted by Crippen LogP contribution is -2.15. The van der Waals surface area contributed by atoms with Gasteiger partial charge in [-0.3, -0.25) is 4.79 Å². The first-order valence-electron chi connectivity index (χ1n) is 6.80. The molecule has 21 heavy (non-hydrogen) atoms. The number of rotatable bonds is 4. The molecular formula is C17H18BrNO2. The van der Waals surface area contributed by atoms with E-state index in [-0.39, 0.29) is 12.0 Å². The Morgan fingerprint density at radius 1 is 1.19 bits per heavy atom. The minimum Gasteiger partial charge on any atom is -0.489 e. The molecule has 0 aliphatic rings. The average molecular weight is 348 g/mol. The number of carbonyl (C=O) groups excluding carboxylic acids is 1. The smallest absolute Gasteiger partial charge is 0.256 e. The molecular weight excluding hydrogens is 330 g/mol. The Hall–Kier alpha value is -1.81. The molecule has 0 aliphatic heterocycles. The van der Waals surface area contributed by atoms with E-state index in [1.54, 1.807) is 0 Å². The van der Waals surface area contributed by atoms with E-state index in [0.29, 0.717) is 17.0 Å². The Kier molecular flexibility index (Phi) is 5.02. The highest BCUT2D eigenvalue weighted by Crippen LogP contribution is 2.26. The third-order valence-corrected chi connectivity index (χ3v) is 3.56. The van der Waals surface area contributed by atoms with Crippen LogP contribution in [-0.2, 0) is 0 Å². The molecule has 2 aromatic carbocycles. The topological polar surface area (TPSA) is 38.3 Å². The predicted molar refractivity (Wildman–Crippen MR) is 89.0 cm³/mol. The van der Waals surface area contributed by atoms with Crippen molar-refractivity contribution in [2.45, 2.75) is 26.9 Å². The van der Waals surface area contributed by atoms with Crippen LogP contribution < -0.4 is 10.1 Å². The fourth-order valence-corrected chi connectivity index (χ4v) is 2.36. The average Bonchev–Trinajstić information content (AvgIpc) is 2.43. The van der Waals surface area contributed by atoms with Gasteiger partial charge in [0.25, 0.3) is 5.91 Å². The lowest BCUT2D eigenvalue weighted by molar-refractivity contribution is 0.102. The third kappa shape index (κ3) is 4.08. The molecule has 4 heteroatoms. The highest BCUT2D eigenvalue weighted by Gasteiger charge is 2.13. The zero-order valence-corrected chi connectivity index (χ0v) is 13.9. The van der Waals surface area contributed by atoms with Gasteiger partial charge in [-0.05, 0) is 61.0 Å². The minimum atomic E-state index is -0.162. The summed E-state index contributed by atoms with van der Waals surface area (Å²) in [5.41, 5.74) is 2.31. The van der Waals surface area contributed by atoms with Crippen molar-refractivity contribution in [1.29, 1.82) is 0 Å². The summed E-state index contributed by atoms with van der Waals surface area (Å²) < 4.78 is 6.48. The Labute approximate surface area is 133 Å². The number of hydrogen-bond donors (Lipinski definition) is 1. The second-order valence-electron chi connectivity index (χ2n) is 5.10. The largest absolute Gasteiger partial charge is 0.489 e. The van der Waals surface area contributed by atoms with Gasteiger partial charge in [-0.15, -0.1) is 0 Å². The van der Waals surface area contributed by atoms with Crippen LogP contribution in [0.3, 0.4) is 0 Å². The first kappa shape index (κ1) is 15.6. The van der Waals surface area contributed by atoms with E-state index in [0.717, 1.165) is 10.0 Å². The molecule has 0 saturated heterocycles. The summed E-state index contributed by atoms with van der Waals surface area (Å²) in [6.07, 6.45) is 0.0498. The third-order valence-electron chi connectivity index (χ3n) is 2.86. The molecule has 1 N–H and O–H groups in total. The van der Waals surface area contributed by atoms with Crippen LogP contribution in [0.4, 0.5) is 5.69 Å². The van der Waals surface area contributed by atoms with Gasteiger partial charge in [0.15, 0.2) is 0 Å². The van der Waals surface area contributed by atoms with Gasteiger partial charge in [0, 0.05) is 4.47 Å². The maximum atomic E-state index is 12.4. The number of para-hydroxylation sites is 2. The van der Waals surface area contributed by atoms with Gasteiger partial charge >= 0.3 is 0 Å². The lowest BCUT2D eigenvalue weighted by Gasteiger charge is -2.15. The molecule has 0 aliphatic carbocycles. The van der Waals surface area contributed by atoms with E-state index in [4.69, 9.17) is 4.74 Å². The van der Waals surface area contributed by atoms with Crippen LogP contribution in [-0.4, -0.2) is 12.0 Å². The van der Waals surface area contributed by atoms with Gasteiger partial charge < -0.3 is 10.1 Å². The van der Waals surface area contributed by atoms with Crippen molar-refractivity contribution < 1.29 is 9.53 Å². The number of ether oxygens (including phenoxy) is 1. The van der Waals surface area contributed by atoms with Crippen LogP contribution in [0.1, 0.15) is 29.8 Å². The van der Waals surface area contributed by atoms with E-state index in [9.17, 15) is 4.79 Å². The van der Waals surface area contributed by atoms with Gasteiger partial charge in [-0.25, -0.2) is 0 Å². The fraction of sp³-hybridized carbons (Fsp3) is 0.235. The van der Waals surface area contributed by atoms with Crippen molar-refractivity contribution in [3.8, 4) is 5.75 Å². The van der Waals surface area contributed by atoms with Crippen molar-refractivity contribution in [1.82, 2.24) is 0 Å². The summed E-state index contributed by atoms with van der Waals surface area (Å²) in [6.45, 7) is 5.87. The molecule has 0 saturated carbocycles. The van der Waals surface area contributed by atoms with Crippen LogP contribution in [0.15, 0.2) is 46.9 Å². The van der Waals surface area contributed by atoms with Gasteiger partial charge in [0.1, 0.15) is 5.75 Å². The quantitative estimate of drug-likeness (QED) is 0.862. The minimum absolute atomic E-state index is 0.0498. The zero-order valence-electron chi connectivity index (χ0n) is 12.3. The molecule has 0 radical (unpaired) electrons. The Morgan fingerprint density at radius 2 is 1.90 bits per heavy atom. The van der Waals surface area contributed by atoms with E-state index in [1.807, 2.05) is 63.2 Å². The van der Waals surface area contributed by atoms with E-state index >= 15 is 0 Å². The normalized spacial score (nSPS) is 10.5. The Morgan fingerprint density at radius 3 is 2.62 bits per heavy atom. The number of carbonyl (C=O) groups is 1. The molecule has 2 rings (SSSR count). The van der Waals surface area contributed by atoms with Crippen LogP contribution in [0, 0.1) is 6.92 Å². The lowest BCUT2D eigenvalue weighted by atomic mass is 10.1. The van der Waals surface area contributed by atoms with Crippen molar-refractivity contribution in [3.05, 3.63) is 58.1 Å². The highest BCUT2D eigenvalue weighted by atomic mass is 79.9. The first-order valence-corrected chi connectivity index (χ1v) is 7.60. The van der Waals surface area contributed by atoms with Crippen LogP contribution >= 0.6 is 15.9 Å². The maximum absolute atomic E-state index is 12.4. The Bertz CT molecular complexity index is 653. The summed E-state index contributed by atoms with van der Waals surface area (Å²) in [5, 5.41) is 2.91. The predicted octanol–water partition coefficient (Wildman–Crippen LogP) is 4.80. The molecule has 0 unspecified atom stereocenters.